The van der Waals surface area contributed by atoms with Gasteiger partial charge in [-0.1, -0.05) is 22.9 Å². The van der Waals surface area contributed by atoms with Gasteiger partial charge in [-0.3, -0.25) is 0 Å². The Balaban J connectivity index is 1.48. The minimum Gasteiger partial charge on any atom is -0.497 e. The fourth-order valence-corrected chi connectivity index (χ4v) is 4.13. The van der Waals surface area contributed by atoms with E-state index in [1.165, 1.54) is 10.4 Å². The van der Waals surface area contributed by atoms with E-state index in [9.17, 15) is 0 Å². The van der Waals surface area contributed by atoms with Gasteiger partial charge in [0.2, 0.25) is 0 Å². The third-order valence-electron chi connectivity index (χ3n) is 4.33. The fourth-order valence-electron chi connectivity index (χ4n) is 2.96. The summed E-state index contributed by atoms with van der Waals surface area (Å²) in [6.07, 6.45) is 0. The van der Waals surface area contributed by atoms with E-state index in [4.69, 9.17) is 21.3 Å². The van der Waals surface area contributed by atoms with Crippen LogP contribution in [-0.4, -0.2) is 38.3 Å². The van der Waals surface area contributed by atoms with Crippen LogP contribution in [0.3, 0.4) is 0 Å². The largest absolute Gasteiger partial charge is 0.497 e. The molecule has 0 atom stereocenters. The smallest absolute Gasteiger partial charge is 0.186 e. The Kier molecular flexibility index (Phi) is 4.21. The number of anilines is 2. The van der Waals surface area contributed by atoms with E-state index >= 15 is 0 Å². The Morgan fingerprint density at radius 1 is 1.00 bits per heavy atom. The first-order valence-corrected chi connectivity index (χ1v) is 9.12. The van der Waals surface area contributed by atoms with Gasteiger partial charge in [0.05, 0.1) is 17.3 Å². The summed E-state index contributed by atoms with van der Waals surface area (Å²) in [6, 6.07) is 14.1. The zero-order chi connectivity index (χ0) is 16.5. The molecule has 0 N–H and O–H groups in total. The molecule has 24 heavy (non-hydrogen) atoms. The van der Waals surface area contributed by atoms with Gasteiger partial charge in [-0.2, -0.15) is 0 Å². The fraction of sp³-hybridized carbons (Fsp3) is 0.278. The molecule has 1 aliphatic heterocycles. The Morgan fingerprint density at radius 2 is 1.71 bits per heavy atom. The predicted octanol–water partition coefficient (Wildman–Crippen LogP) is 4.28. The maximum absolute atomic E-state index is 5.97. The van der Waals surface area contributed by atoms with Crippen molar-refractivity contribution in [2.75, 3.05) is 43.1 Å². The van der Waals surface area contributed by atoms with Crippen LogP contribution in [-0.2, 0) is 0 Å². The number of aromatic nitrogens is 1. The van der Waals surface area contributed by atoms with Crippen LogP contribution in [0.5, 0.6) is 5.75 Å². The highest BCUT2D eigenvalue weighted by atomic mass is 35.5. The van der Waals surface area contributed by atoms with Crippen LogP contribution in [0.4, 0.5) is 10.8 Å². The molecule has 0 radical (unpaired) electrons. The van der Waals surface area contributed by atoms with E-state index in [2.05, 4.69) is 28.0 Å². The normalized spacial score (nSPS) is 15.1. The molecule has 0 amide bonds. The van der Waals surface area contributed by atoms with Crippen molar-refractivity contribution >= 4 is 44.0 Å². The lowest BCUT2D eigenvalue weighted by atomic mass is 10.2. The molecule has 0 saturated carbocycles. The first kappa shape index (κ1) is 15.5. The average Bonchev–Trinajstić information content (AvgIpc) is 3.05. The zero-order valence-corrected chi connectivity index (χ0v) is 15.0. The molecular formula is C18H18ClN3OS. The van der Waals surface area contributed by atoms with Gasteiger partial charge in [0, 0.05) is 36.9 Å². The summed E-state index contributed by atoms with van der Waals surface area (Å²) >= 11 is 7.70. The first-order valence-electron chi connectivity index (χ1n) is 7.93. The lowest BCUT2D eigenvalue weighted by Crippen LogP contribution is -2.46. The monoisotopic (exact) mass is 359 g/mol. The average molecular weight is 360 g/mol. The molecule has 1 fully saturated rings. The molecule has 1 aliphatic rings. The van der Waals surface area contributed by atoms with Crippen LogP contribution < -0.4 is 14.5 Å². The highest BCUT2D eigenvalue weighted by molar-refractivity contribution is 7.22. The Morgan fingerprint density at radius 3 is 2.42 bits per heavy atom. The summed E-state index contributed by atoms with van der Waals surface area (Å²) in [4.78, 5) is 9.53. The number of benzene rings is 2. The number of halogens is 1. The molecule has 1 saturated heterocycles. The van der Waals surface area contributed by atoms with E-state index in [-0.39, 0.29) is 0 Å². The molecule has 2 heterocycles. The number of methoxy groups -OCH3 is 1. The second-order valence-electron chi connectivity index (χ2n) is 5.78. The molecular weight excluding hydrogens is 342 g/mol. The molecule has 4 nitrogen and oxygen atoms in total. The third-order valence-corrected chi connectivity index (χ3v) is 5.66. The molecule has 6 heteroatoms. The number of piperazine rings is 1. The highest BCUT2D eigenvalue weighted by Crippen LogP contribution is 2.32. The van der Waals surface area contributed by atoms with Crippen LogP contribution in [0.2, 0.25) is 5.02 Å². The highest BCUT2D eigenvalue weighted by Gasteiger charge is 2.20. The van der Waals surface area contributed by atoms with Gasteiger partial charge < -0.3 is 14.5 Å². The minimum atomic E-state index is 0.780. The summed E-state index contributed by atoms with van der Waals surface area (Å²) in [7, 11) is 1.69. The molecule has 124 valence electrons. The van der Waals surface area contributed by atoms with Crippen LogP contribution >= 0.6 is 22.9 Å². The van der Waals surface area contributed by atoms with Gasteiger partial charge in [-0.05, 0) is 42.5 Å². The summed E-state index contributed by atoms with van der Waals surface area (Å²) in [5.74, 6) is 0.880. The Hall–Kier alpha value is -1.98. The summed E-state index contributed by atoms with van der Waals surface area (Å²) < 4.78 is 6.47. The number of rotatable bonds is 3. The molecule has 0 aliphatic carbocycles. The lowest BCUT2D eigenvalue weighted by Gasteiger charge is -2.36. The van der Waals surface area contributed by atoms with Crippen molar-refractivity contribution in [1.82, 2.24) is 4.98 Å². The predicted molar refractivity (Wildman–Crippen MR) is 102 cm³/mol. The molecule has 4 rings (SSSR count). The van der Waals surface area contributed by atoms with Gasteiger partial charge in [-0.25, -0.2) is 4.98 Å². The first-order chi connectivity index (χ1) is 11.7. The second kappa shape index (κ2) is 6.49. The number of ether oxygens (including phenoxy) is 1. The van der Waals surface area contributed by atoms with Gasteiger partial charge in [-0.15, -0.1) is 0 Å². The standard InChI is InChI=1S/C18H18ClN3OS/c1-23-15-6-7-16-17(12-15)24-18(20-16)22-10-8-21(9-11-22)14-4-2-13(19)3-5-14/h2-7,12H,8-11H2,1H3. The van der Waals surface area contributed by atoms with Gasteiger partial charge >= 0.3 is 0 Å². The quantitative estimate of drug-likeness (QED) is 0.697. The molecule has 1 aromatic heterocycles. The second-order valence-corrected chi connectivity index (χ2v) is 7.23. The number of hydrogen-bond acceptors (Lipinski definition) is 5. The van der Waals surface area contributed by atoms with E-state index < -0.39 is 0 Å². The number of thiazole rings is 1. The van der Waals surface area contributed by atoms with Crippen LogP contribution in [0.15, 0.2) is 42.5 Å². The molecule has 0 spiro atoms. The van der Waals surface area contributed by atoms with Crippen LogP contribution in [0.1, 0.15) is 0 Å². The topological polar surface area (TPSA) is 28.6 Å². The van der Waals surface area contributed by atoms with Gasteiger partial charge in [0.15, 0.2) is 5.13 Å². The van der Waals surface area contributed by atoms with Crippen molar-refractivity contribution in [3.05, 3.63) is 47.5 Å². The Labute approximate surface area is 150 Å². The van der Waals surface area contributed by atoms with Crippen molar-refractivity contribution in [3.8, 4) is 5.75 Å². The van der Waals surface area contributed by atoms with E-state index in [1.807, 2.05) is 24.3 Å². The molecule has 3 aromatic rings. The van der Waals surface area contributed by atoms with E-state index in [0.717, 1.165) is 47.6 Å². The van der Waals surface area contributed by atoms with Crippen molar-refractivity contribution in [3.63, 3.8) is 0 Å². The lowest BCUT2D eigenvalue weighted by molar-refractivity contribution is 0.415. The summed E-state index contributed by atoms with van der Waals surface area (Å²) in [5.41, 5.74) is 2.27. The summed E-state index contributed by atoms with van der Waals surface area (Å²) in [6.45, 7) is 3.92. The van der Waals surface area contributed by atoms with Crippen molar-refractivity contribution in [1.29, 1.82) is 0 Å². The van der Waals surface area contributed by atoms with E-state index in [0.29, 0.717) is 0 Å². The zero-order valence-electron chi connectivity index (χ0n) is 13.4. The van der Waals surface area contributed by atoms with Gasteiger partial charge in [0.25, 0.3) is 0 Å². The number of nitrogens with zero attached hydrogens (tertiary/aromatic N) is 3. The van der Waals surface area contributed by atoms with Crippen molar-refractivity contribution in [2.24, 2.45) is 0 Å². The van der Waals surface area contributed by atoms with Gasteiger partial charge in [0.1, 0.15) is 5.75 Å². The number of fused-ring (bicyclic) bond motifs is 1. The minimum absolute atomic E-state index is 0.780. The SMILES string of the molecule is COc1ccc2nc(N3CCN(c4ccc(Cl)cc4)CC3)sc2c1. The molecule has 2 aromatic carbocycles. The Bertz CT molecular complexity index is 841. The maximum Gasteiger partial charge on any atom is 0.186 e. The van der Waals surface area contributed by atoms with Crippen molar-refractivity contribution < 1.29 is 4.74 Å². The molecule has 0 bridgehead atoms. The third kappa shape index (κ3) is 3.01. The summed E-state index contributed by atoms with van der Waals surface area (Å²) in [5, 5.41) is 1.87. The maximum atomic E-state index is 5.97. The number of hydrogen-bond donors (Lipinski definition) is 0. The van der Waals surface area contributed by atoms with Crippen LogP contribution in [0.25, 0.3) is 10.2 Å². The van der Waals surface area contributed by atoms with Crippen molar-refractivity contribution in [2.45, 2.75) is 0 Å². The van der Waals surface area contributed by atoms with Crippen LogP contribution in [0, 0.1) is 0 Å². The molecule has 0 unspecified atom stereocenters. The van der Waals surface area contributed by atoms with E-state index in [1.54, 1.807) is 18.4 Å².